The minimum absolute atomic E-state index is 0.122. The number of rotatable bonds is 7. The van der Waals surface area contributed by atoms with Gasteiger partial charge in [-0.05, 0) is 12.8 Å². The maximum Gasteiger partial charge on any atom is 0.306 e. The van der Waals surface area contributed by atoms with Crippen LogP contribution >= 0.6 is 11.3 Å². The lowest BCUT2D eigenvalue weighted by molar-refractivity contribution is -0.141. The van der Waals surface area contributed by atoms with Gasteiger partial charge in [-0.1, -0.05) is 6.92 Å². The number of thiazole rings is 1. The van der Waals surface area contributed by atoms with Gasteiger partial charge in [-0.3, -0.25) is 9.59 Å². The Balaban J connectivity index is 2.16. The van der Waals surface area contributed by atoms with E-state index in [4.69, 9.17) is 10.8 Å². The van der Waals surface area contributed by atoms with E-state index in [1.165, 1.54) is 11.3 Å². The lowest BCUT2D eigenvalue weighted by Crippen LogP contribution is -2.26. The summed E-state index contributed by atoms with van der Waals surface area (Å²) >= 11 is 1.30. The Bertz CT molecular complexity index is 419. The normalized spacial score (nSPS) is 12.1. The predicted octanol–water partition coefficient (Wildman–Crippen LogP) is 0.885. The first-order valence-corrected chi connectivity index (χ1v) is 6.56. The molecule has 1 unspecified atom stereocenters. The number of carbonyl (C=O) groups excluding carboxylic acids is 1. The third-order valence-electron chi connectivity index (χ3n) is 2.47. The molecule has 7 heteroatoms. The van der Waals surface area contributed by atoms with Gasteiger partial charge in [0.2, 0.25) is 5.91 Å². The van der Waals surface area contributed by atoms with E-state index in [-0.39, 0.29) is 18.2 Å². The average Bonchev–Trinajstić information content (AvgIpc) is 2.69. The van der Waals surface area contributed by atoms with Gasteiger partial charge in [0.1, 0.15) is 0 Å². The first kappa shape index (κ1) is 14.4. The van der Waals surface area contributed by atoms with Crippen molar-refractivity contribution < 1.29 is 14.7 Å². The first-order valence-electron chi connectivity index (χ1n) is 5.68. The molecular formula is C11H17N3O3S. The van der Waals surface area contributed by atoms with E-state index in [9.17, 15) is 9.59 Å². The number of amides is 1. The van der Waals surface area contributed by atoms with Crippen LogP contribution in [0.4, 0.5) is 5.13 Å². The Hall–Kier alpha value is -1.63. The van der Waals surface area contributed by atoms with Crippen molar-refractivity contribution in [2.24, 2.45) is 5.92 Å². The van der Waals surface area contributed by atoms with Gasteiger partial charge < -0.3 is 16.2 Å². The number of aliphatic carboxylic acids is 1. The Kier molecular flexibility index (Phi) is 5.57. The first-order chi connectivity index (χ1) is 8.49. The van der Waals surface area contributed by atoms with Crippen molar-refractivity contribution in [1.82, 2.24) is 10.3 Å². The molecule has 1 amide bonds. The number of nitrogens with two attached hydrogens (primary N) is 1. The molecule has 1 aromatic heterocycles. The molecule has 0 radical (unpaired) electrons. The molecule has 0 bridgehead atoms. The molecule has 1 heterocycles. The molecule has 0 aliphatic heterocycles. The lowest BCUT2D eigenvalue weighted by Gasteiger charge is -2.06. The molecular weight excluding hydrogens is 254 g/mol. The number of nitrogens with zero attached hydrogens (tertiary/aromatic N) is 1. The zero-order valence-corrected chi connectivity index (χ0v) is 11.0. The largest absolute Gasteiger partial charge is 0.481 e. The van der Waals surface area contributed by atoms with Crippen molar-refractivity contribution in [3.8, 4) is 0 Å². The van der Waals surface area contributed by atoms with Crippen molar-refractivity contribution in [2.45, 2.75) is 26.2 Å². The second-order valence-electron chi connectivity index (χ2n) is 4.09. The summed E-state index contributed by atoms with van der Waals surface area (Å²) in [5.41, 5.74) is 6.12. The van der Waals surface area contributed by atoms with Gasteiger partial charge in [-0.2, -0.15) is 0 Å². The van der Waals surface area contributed by atoms with Gasteiger partial charge in [0, 0.05) is 11.9 Å². The number of nitrogen functional groups attached to an aromatic ring is 1. The summed E-state index contributed by atoms with van der Waals surface area (Å²) in [4.78, 5) is 26.0. The number of nitrogens with one attached hydrogen (secondary N) is 1. The Morgan fingerprint density at radius 1 is 1.61 bits per heavy atom. The summed E-state index contributed by atoms with van der Waals surface area (Å²) in [6.45, 7) is 2.14. The highest BCUT2D eigenvalue weighted by molar-refractivity contribution is 7.13. The summed E-state index contributed by atoms with van der Waals surface area (Å²) in [5, 5.41) is 13.6. The fraction of sp³-hybridized carbons (Fsp3) is 0.545. The minimum Gasteiger partial charge on any atom is -0.481 e. The SMILES string of the molecule is CC(CCCNC(=O)Cc1csc(N)n1)C(=O)O. The molecule has 0 spiro atoms. The topological polar surface area (TPSA) is 105 Å². The van der Waals surface area contributed by atoms with E-state index in [1.807, 2.05) is 0 Å². The number of carbonyl (C=O) groups is 2. The van der Waals surface area contributed by atoms with Crippen LogP contribution in [0.2, 0.25) is 0 Å². The molecule has 1 atom stereocenters. The highest BCUT2D eigenvalue weighted by atomic mass is 32.1. The van der Waals surface area contributed by atoms with Crippen LogP contribution in [0, 0.1) is 5.92 Å². The number of carboxylic acid groups (broad SMARTS) is 1. The van der Waals surface area contributed by atoms with Gasteiger partial charge in [-0.25, -0.2) is 4.98 Å². The summed E-state index contributed by atoms with van der Waals surface area (Å²) in [6, 6.07) is 0. The van der Waals surface area contributed by atoms with Crippen molar-refractivity contribution in [1.29, 1.82) is 0 Å². The predicted molar refractivity (Wildman–Crippen MR) is 69.3 cm³/mol. The molecule has 0 aromatic carbocycles. The quantitative estimate of drug-likeness (QED) is 0.638. The average molecular weight is 271 g/mol. The fourth-order valence-corrected chi connectivity index (χ4v) is 1.95. The number of anilines is 1. The van der Waals surface area contributed by atoms with Crippen LogP contribution < -0.4 is 11.1 Å². The van der Waals surface area contributed by atoms with E-state index in [1.54, 1.807) is 12.3 Å². The molecule has 0 aliphatic rings. The third-order valence-corrected chi connectivity index (χ3v) is 3.19. The Morgan fingerprint density at radius 2 is 2.33 bits per heavy atom. The summed E-state index contributed by atoms with van der Waals surface area (Å²) in [6.07, 6.45) is 1.42. The monoisotopic (exact) mass is 271 g/mol. The second-order valence-corrected chi connectivity index (χ2v) is 4.98. The summed E-state index contributed by atoms with van der Waals surface area (Å²) < 4.78 is 0. The van der Waals surface area contributed by atoms with Crippen LogP contribution in [0.5, 0.6) is 0 Å². The lowest BCUT2D eigenvalue weighted by atomic mass is 10.1. The number of aromatic nitrogens is 1. The van der Waals surface area contributed by atoms with Gasteiger partial charge in [0.15, 0.2) is 5.13 Å². The van der Waals surface area contributed by atoms with Crippen LogP contribution in [-0.2, 0) is 16.0 Å². The van der Waals surface area contributed by atoms with Gasteiger partial charge in [0.25, 0.3) is 0 Å². The van der Waals surface area contributed by atoms with E-state index in [0.29, 0.717) is 30.2 Å². The Morgan fingerprint density at radius 3 is 2.89 bits per heavy atom. The summed E-state index contributed by atoms with van der Waals surface area (Å²) in [7, 11) is 0. The summed E-state index contributed by atoms with van der Waals surface area (Å²) in [5.74, 6) is -1.30. The van der Waals surface area contributed by atoms with Gasteiger partial charge >= 0.3 is 5.97 Å². The van der Waals surface area contributed by atoms with Crippen LogP contribution in [0.15, 0.2) is 5.38 Å². The van der Waals surface area contributed by atoms with Crippen LogP contribution in [-0.4, -0.2) is 28.5 Å². The maximum absolute atomic E-state index is 11.5. The Labute approximate surface area is 109 Å². The van der Waals surface area contributed by atoms with Crippen LogP contribution in [0.25, 0.3) is 0 Å². The molecule has 6 nitrogen and oxygen atoms in total. The smallest absolute Gasteiger partial charge is 0.306 e. The number of hydrogen-bond acceptors (Lipinski definition) is 5. The number of hydrogen-bond donors (Lipinski definition) is 3. The molecule has 18 heavy (non-hydrogen) atoms. The molecule has 1 rings (SSSR count). The van der Waals surface area contributed by atoms with Gasteiger partial charge in [0.05, 0.1) is 18.0 Å². The molecule has 0 saturated carbocycles. The molecule has 100 valence electrons. The standard InChI is InChI=1S/C11H17N3O3S/c1-7(10(16)17)3-2-4-13-9(15)5-8-6-18-11(12)14-8/h6-7H,2-5H2,1H3,(H2,12,14)(H,13,15)(H,16,17). The van der Waals surface area contributed by atoms with Crippen LogP contribution in [0.1, 0.15) is 25.5 Å². The fourth-order valence-electron chi connectivity index (χ4n) is 1.39. The third kappa shape index (κ3) is 5.13. The molecule has 0 aliphatic carbocycles. The van der Waals surface area contributed by atoms with E-state index >= 15 is 0 Å². The van der Waals surface area contributed by atoms with E-state index in [2.05, 4.69) is 10.3 Å². The second kappa shape index (κ2) is 6.95. The maximum atomic E-state index is 11.5. The van der Waals surface area contributed by atoms with Crippen molar-refractivity contribution in [3.63, 3.8) is 0 Å². The molecule has 0 saturated heterocycles. The molecule has 4 N–H and O–H groups in total. The molecule has 0 fully saturated rings. The van der Waals surface area contributed by atoms with Crippen molar-refractivity contribution in [3.05, 3.63) is 11.1 Å². The van der Waals surface area contributed by atoms with Crippen molar-refractivity contribution in [2.75, 3.05) is 12.3 Å². The van der Waals surface area contributed by atoms with Crippen molar-refractivity contribution >= 4 is 28.3 Å². The highest BCUT2D eigenvalue weighted by Gasteiger charge is 2.10. The molecule has 1 aromatic rings. The van der Waals surface area contributed by atoms with Gasteiger partial charge in [-0.15, -0.1) is 11.3 Å². The zero-order chi connectivity index (χ0) is 13.5. The van der Waals surface area contributed by atoms with E-state index < -0.39 is 5.97 Å². The zero-order valence-electron chi connectivity index (χ0n) is 10.2. The van der Waals surface area contributed by atoms with E-state index in [0.717, 1.165) is 0 Å². The number of carboxylic acids is 1. The van der Waals surface area contributed by atoms with Crippen LogP contribution in [0.3, 0.4) is 0 Å². The minimum atomic E-state index is -0.806. The highest BCUT2D eigenvalue weighted by Crippen LogP contribution is 2.11.